The van der Waals surface area contributed by atoms with Crippen LogP contribution in [0.3, 0.4) is 0 Å². The van der Waals surface area contributed by atoms with Crippen LogP contribution >= 0.6 is 38.9 Å². The largest absolute Gasteiger partial charge is 0.464 e. The zero-order chi connectivity index (χ0) is 20.5. The number of hydrogen-bond donors (Lipinski definition) is 0. The van der Waals surface area contributed by atoms with Crippen molar-refractivity contribution in [3.63, 3.8) is 0 Å². The molecule has 0 radical (unpaired) electrons. The summed E-state index contributed by atoms with van der Waals surface area (Å²) in [6.45, 7) is 2.02. The Morgan fingerprint density at radius 2 is 1.90 bits per heavy atom. The van der Waals surface area contributed by atoms with E-state index < -0.39 is 5.97 Å². The molecule has 2 heterocycles. The second-order valence-corrected chi connectivity index (χ2v) is 8.33. The van der Waals surface area contributed by atoms with Crippen molar-refractivity contribution in [1.82, 2.24) is 20.0 Å². The molecule has 0 N–H and O–H groups in total. The van der Waals surface area contributed by atoms with Crippen LogP contribution in [-0.2, 0) is 4.74 Å². The highest BCUT2D eigenvalue weighted by atomic mass is 79.9. The number of aromatic nitrogens is 4. The summed E-state index contributed by atoms with van der Waals surface area (Å²) in [7, 11) is 1.31. The van der Waals surface area contributed by atoms with E-state index in [1.165, 1.54) is 18.4 Å². The molecule has 0 atom stereocenters. The van der Waals surface area contributed by atoms with E-state index in [0.717, 1.165) is 16.1 Å². The molecule has 0 saturated heterocycles. The van der Waals surface area contributed by atoms with Crippen molar-refractivity contribution in [2.24, 2.45) is 0 Å². The van der Waals surface area contributed by atoms with Gasteiger partial charge in [-0.1, -0.05) is 58.8 Å². The molecule has 0 fully saturated rings. The highest BCUT2D eigenvalue weighted by Gasteiger charge is 2.27. The molecule has 0 unspecified atom stereocenters. The zero-order valence-corrected chi connectivity index (χ0v) is 18.5. The molecule has 0 bridgehead atoms. The maximum atomic E-state index is 12.2. The normalized spacial score (nSPS) is 10.9. The van der Waals surface area contributed by atoms with Crippen molar-refractivity contribution >= 4 is 44.8 Å². The Morgan fingerprint density at radius 1 is 1.14 bits per heavy atom. The molecular weight excluding hydrogens is 476 g/mol. The van der Waals surface area contributed by atoms with Crippen molar-refractivity contribution in [2.75, 3.05) is 7.11 Å². The van der Waals surface area contributed by atoms with E-state index >= 15 is 0 Å². The summed E-state index contributed by atoms with van der Waals surface area (Å²) >= 11 is 11.3. The number of esters is 1. The van der Waals surface area contributed by atoms with Crippen LogP contribution in [0.4, 0.5) is 0 Å². The van der Waals surface area contributed by atoms with Crippen LogP contribution in [-0.4, -0.2) is 33.1 Å². The summed E-state index contributed by atoms with van der Waals surface area (Å²) in [6, 6.07) is 15.3. The Labute approximate surface area is 184 Å². The smallest absolute Gasteiger partial charge is 0.359 e. The predicted molar refractivity (Wildman–Crippen MR) is 117 cm³/mol. The minimum atomic E-state index is -0.563. The van der Waals surface area contributed by atoms with E-state index in [2.05, 4.69) is 31.2 Å². The second kappa shape index (κ2) is 8.06. The van der Waals surface area contributed by atoms with E-state index in [9.17, 15) is 4.79 Å². The third kappa shape index (κ3) is 3.71. The number of carbonyl (C=O) groups is 1. The number of halogens is 2. The number of nitrogens with zero attached hydrogens (tertiary/aromatic N) is 4. The van der Waals surface area contributed by atoms with Crippen molar-refractivity contribution < 1.29 is 9.53 Å². The summed E-state index contributed by atoms with van der Waals surface area (Å²) in [6.07, 6.45) is 0. The Morgan fingerprint density at radius 3 is 2.62 bits per heavy atom. The van der Waals surface area contributed by atoms with Gasteiger partial charge in [0.15, 0.2) is 10.7 Å². The van der Waals surface area contributed by atoms with E-state index in [0.29, 0.717) is 25.9 Å². The van der Waals surface area contributed by atoms with Crippen LogP contribution < -0.4 is 0 Å². The summed E-state index contributed by atoms with van der Waals surface area (Å²) < 4.78 is 6.92. The number of benzene rings is 2. The minimum Gasteiger partial charge on any atom is -0.464 e. The van der Waals surface area contributed by atoms with E-state index in [1.807, 2.05) is 49.4 Å². The molecule has 6 nitrogen and oxygen atoms in total. The lowest BCUT2D eigenvalue weighted by Crippen LogP contribution is -2.05. The first kappa shape index (κ1) is 19.8. The number of rotatable bonds is 4. The van der Waals surface area contributed by atoms with Crippen LogP contribution in [0.15, 0.2) is 53.0 Å². The lowest BCUT2D eigenvalue weighted by Gasteiger charge is -2.07. The molecule has 2 aromatic heterocycles. The fraction of sp³-hybridized carbons (Fsp3) is 0.100. The molecule has 0 amide bonds. The van der Waals surface area contributed by atoms with E-state index in [1.54, 1.807) is 10.7 Å². The Hall–Kier alpha value is -2.55. The molecule has 4 rings (SSSR count). The number of hydrogen-bond acceptors (Lipinski definition) is 6. The summed E-state index contributed by atoms with van der Waals surface area (Å²) in [4.78, 5) is 12.2. The summed E-state index contributed by atoms with van der Waals surface area (Å²) in [5.41, 5.74) is 3.44. The fourth-order valence-electron chi connectivity index (χ4n) is 2.82. The maximum absolute atomic E-state index is 12.2. The van der Waals surface area contributed by atoms with Gasteiger partial charge in [-0.15, -0.1) is 10.2 Å². The Kier molecular flexibility index (Phi) is 5.49. The van der Waals surface area contributed by atoms with Gasteiger partial charge in [0.2, 0.25) is 0 Å². The first-order chi connectivity index (χ1) is 14.0. The first-order valence-corrected chi connectivity index (χ1v) is 10.5. The number of aryl methyl sites for hydroxylation is 1. The third-order valence-electron chi connectivity index (χ3n) is 4.18. The quantitative estimate of drug-likeness (QED) is 0.351. The number of para-hydroxylation sites is 1. The maximum Gasteiger partial charge on any atom is 0.359 e. The summed E-state index contributed by atoms with van der Waals surface area (Å²) in [5.74, 6) is -0.563. The molecule has 9 heteroatoms. The van der Waals surface area contributed by atoms with Gasteiger partial charge < -0.3 is 4.74 Å². The standard InChI is InChI=1S/C20H14BrClN4O2S/c1-11-6-5-7-12(10-11)18-23-24-19(29-18)17-15(21)16(20(27)28-2)25-26(17)14-9-4-3-8-13(14)22/h3-10H,1-2H3. The third-order valence-corrected chi connectivity index (χ3v) is 6.23. The topological polar surface area (TPSA) is 69.9 Å². The molecule has 29 heavy (non-hydrogen) atoms. The lowest BCUT2D eigenvalue weighted by molar-refractivity contribution is 0.0592. The zero-order valence-electron chi connectivity index (χ0n) is 15.4. The van der Waals surface area contributed by atoms with Gasteiger partial charge in [0.1, 0.15) is 10.7 Å². The van der Waals surface area contributed by atoms with Gasteiger partial charge in [-0.2, -0.15) is 5.10 Å². The van der Waals surface area contributed by atoms with Crippen LogP contribution in [0, 0.1) is 6.92 Å². The van der Waals surface area contributed by atoms with E-state index in [-0.39, 0.29) is 5.69 Å². The van der Waals surface area contributed by atoms with E-state index in [4.69, 9.17) is 16.3 Å². The molecule has 0 aliphatic heterocycles. The first-order valence-electron chi connectivity index (χ1n) is 8.52. The fourth-order valence-corrected chi connectivity index (χ4v) is 4.64. The molecule has 0 aliphatic rings. The highest BCUT2D eigenvalue weighted by Crippen LogP contribution is 2.38. The van der Waals surface area contributed by atoms with Crippen molar-refractivity contribution in [3.05, 3.63) is 69.3 Å². The Bertz CT molecular complexity index is 1220. The number of ether oxygens (including phenoxy) is 1. The minimum absolute atomic E-state index is 0.134. The molecular formula is C20H14BrClN4O2S. The average molecular weight is 490 g/mol. The lowest BCUT2D eigenvalue weighted by atomic mass is 10.1. The highest BCUT2D eigenvalue weighted by molar-refractivity contribution is 9.10. The predicted octanol–water partition coefficient (Wildman–Crippen LogP) is 5.57. The summed E-state index contributed by atoms with van der Waals surface area (Å²) in [5, 5.41) is 15.0. The molecule has 146 valence electrons. The van der Waals surface area contributed by atoms with Gasteiger partial charge in [-0.05, 0) is 41.1 Å². The molecule has 0 saturated carbocycles. The van der Waals surface area contributed by atoms with Gasteiger partial charge in [0, 0.05) is 5.56 Å². The molecule has 0 aliphatic carbocycles. The van der Waals surface area contributed by atoms with Crippen LogP contribution in [0.2, 0.25) is 5.02 Å². The van der Waals surface area contributed by atoms with Crippen LogP contribution in [0.5, 0.6) is 0 Å². The molecule has 4 aromatic rings. The van der Waals surface area contributed by atoms with Crippen molar-refractivity contribution in [1.29, 1.82) is 0 Å². The van der Waals surface area contributed by atoms with Crippen LogP contribution in [0.1, 0.15) is 16.1 Å². The van der Waals surface area contributed by atoms with Gasteiger partial charge >= 0.3 is 5.97 Å². The number of carbonyl (C=O) groups excluding carboxylic acids is 1. The van der Waals surface area contributed by atoms with Crippen molar-refractivity contribution in [2.45, 2.75) is 6.92 Å². The monoisotopic (exact) mass is 488 g/mol. The average Bonchev–Trinajstić information content (AvgIpc) is 3.32. The van der Waals surface area contributed by atoms with Gasteiger partial charge in [-0.25, -0.2) is 9.48 Å². The number of methoxy groups -OCH3 is 1. The van der Waals surface area contributed by atoms with Gasteiger partial charge in [-0.3, -0.25) is 0 Å². The van der Waals surface area contributed by atoms with Gasteiger partial charge in [0.25, 0.3) is 0 Å². The SMILES string of the molecule is COC(=O)c1nn(-c2ccccc2Cl)c(-c2nnc(-c3cccc(C)c3)s2)c1Br. The van der Waals surface area contributed by atoms with Crippen LogP contribution in [0.25, 0.3) is 27.0 Å². The van der Waals surface area contributed by atoms with Crippen molar-refractivity contribution in [3.8, 4) is 27.0 Å². The molecule has 0 spiro atoms. The molecule has 2 aromatic carbocycles. The second-order valence-electron chi connectivity index (χ2n) is 6.15. The van der Waals surface area contributed by atoms with Gasteiger partial charge in [0.05, 0.1) is 22.3 Å². The Balaban J connectivity index is 1.90.